The van der Waals surface area contributed by atoms with E-state index >= 15 is 0 Å². The van der Waals surface area contributed by atoms with E-state index < -0.39 is 0 Å². The largest absolute Gasteiger partial charge is 0.495 e. The second kappa shape index (κ2) is 7.93. The van der Waals surface area contributed by atoms with Gasteiger partial charge in [0.25, 0.3) is 0 Å². The van der Waals surface area contributed by atoms with E-state index in [1.54, 1.807) is 25.3 Å². The van der Waals surface area contributed by atoms with Crippen LogP contribution in [0.3, 0.4) is 0 Å². The zero-order valence-electron chi connectivity index (χ0n) is 13.9. The van der Waals surface area contributed by atoms with Crippen LogP contribution in [-0.2, 0) is 11.3 Å². The van der Waals surface area contributed by atoms with Gasteiger partial charge in [0, 0.05) is 17.5 Å². The number of nitrogens with one attached hydrogen (secondary N) is 1. The highest BCUT2D eigenvalue weighted by atomic mass is 35.5. The number of allylic oxidation sites excluding steroid dienone is 1. The van der Waals surface area contributed by atoms with Gasteiger partial charge in [-0.1, -0.05) is 29.4 Å². The lowest BCUT2D eigenvalue weighted by molar-refractivity contribution is -0.113. The van der Waals surface area contributed by atoms with Crippen molar-refractivity contribution >= 4 is 35.0 Å². The van der Waals surface area contributed by atoms with E-state index in [2.05, 4.69) is 22.1 Å². The van der Waals surface area contributed by atoms with Crippen molar-refractivity contribution in [1.29, 1.82) is 0 Å². The minimum atomic E-state index is -0.160. The molecule has 25 heavy (non-hydrogen) atoms. The van der Waals surface area contributed by atoms with Crippen molar-refractivity contribution in [2.24, 2.45) is 0 Å². The lowest BCUT2D eigenvalue weighted by Crippen LogP contribution is -2.15. The van der Waals surface area contributed by atoms with Crippen molar-refractivity contribution in [2.75, 3.05) is 18.2 Å². The molecule has 1 heterocycles. The number of methoxy groups -OCH3 is 1. The van der Waals surface area contributed by atoms with E-state index in [0.29, 0.717) is 28.9 Å². The first-order valence-electron chi connectivity index (χ1n) is 7.92. The zero-order chi connectivity index (χ0) is 17.8. The molecule has 8 heteroatoms. The Morgan fingerprint density at radius 1 is 1.52 bits per heavy atom. The molecular weight excluding hydrogens is 360 g/mol. The number of aromatic nitrogens is 3. The minimum Gasteiger partial charge on any atom is -0.495 e. The normalized spacial score (nSPS) is 13.5. The molecule has 1 aromatic carbocycles. The van der Waals surface area contributed by atoms with Gasteiger partial charge in [-0.25, -0.2) is 0 Å². The number of hydrogen-bond acceptors (Lipinski definition) is 5. The van der Waals surface area contributed by atoms with Gasteiger partial charge in [-0.05, 0) is 31.0 Å². The van der Waals surface area contributed by atoms with Crippen LogP contribution < -0.4 is 10.1 Å². The van der Waals surface area contributed by atoms with Crippen molar-refractivity contribution < 1.29 is 9.53 Å². The first kappa shape index (κ1) is 17.8. The molecule has 132 valence electrons. The van der Waals surface area contributed by atoms with Gasteiger partial charge in [0.05, 0.1) is 18.6 Å². The smallest absolute Gasteiger partial charge is 0.234 e. The molecule has 0 saturated heterocycles. The molecule has 1 aliphatic carbocycles. The number of carbonyl (C=O) groups is 1. The van der Waals surface area contributed by atoms with E-state index in [1.165, 1.54) is 11.8 Å². The topological polar surface area (TPSA) is 69.0 Å². The van der Waals surface area contributed by atoms with Crippen molar-refractivity contribution in [3.05, 3.63) is 41.7 Å². The zero-order valence-corrected chi connectivity index (χ0v) is 15.4. The number of ether oxygens (including phenoxy) is 1. The number of nitrogens with zero attached hydrogens (tertiary/aromatic N) is 3. The Bertz CT molecular complexity index is 789. The standard InChI is InChI=1S/C17H19ClN4O2S/c1-3-8-22-16(11-4-5-11)20-21-17(22)25-10-15(23)19-13-9-12(18)6-7-14(13)24-2/h3,6-7,9,11H,1,4-5,8,10H2,2H3,(H,19,23). The molecule has 1 amide bonds. The third-order valence-corrected chi connectivity index (χ3v) is 4.97. The highest BCUT2D eigenvalue weighted by molar-refractivity contribution is 7.99. The average molecular weight is 379 g/mol. The molecule has 0 bridgehead atoms. The summed E-state index contributed by atoms with van der Waals surface area (Å²) in [6, 6.07) is 5.09. The predicted molar refractivity (Wildman–Crippen MR) is 99.6 cm³/mol. The average Bonchev–Trinajstić information content (AvgIpc) is 3.36. The molecule has 6 nitrogen and oxygen atoms in total. The van der Waals surface area contributed by atoms with Crippen molar-refractivity contribution in [3.8, 4) is 5.75 Å². The Hall–Kier alpha value is -1.99. The molecule has 3 rings (SSSR count). The van der Waals surface area contributed by atoms with Crippen LogP contribution in [0.1, 0.15) is 24.6 Å². The summed E-state index contributed by atoms with van der Waals surface area (Å²) in [5, 5.41) is 12.6. The fraction of sp³-hybridized carbons (Fsp3) is 0.353. The summed E-state index contributed by atoms with van der Waals surface area (Å²) in [5.74, 6) is 2.10. The van der Waals surface area contributed by atoms with E-state index in [4.69, 9.17) is 16.3 Å². The molecule has 0 unspecified atom stereocenters. The molecule has 0 aliphatic heterocycles. The lowest BCUT2D eigenvalue weighted by Gasteiger charge is -2.10. The van der Waals surface area contributed by atoms with E-state index in [9.17, 15) is 4.79 Å². The maximum Gasteiger partial charge on any atom is 0.234 e. The van der Waals surface area contributed by atoms with Gasteiger partial charge in [-0.2, -0.15) is 0 Å². The summed E-state index contributed by atoms with van der Waals surface area (Å²) >= 11 is 7.33. The summed E-state index contributed by atoms with van der Waals surface area (Å²) < 4.78 is 7.26. The van der Waals surface area contributed by atoms with Crippen LogP contribution in [-0.4, -0.2) is 33.5 Å². The van der Waals surface area contributed by atoms with Crippen molar-refractivity contribution in [1.82, 2.24) is 14.8 Å². The van der Waals surface area contributed by atoms with Crippen LogP contribution in [0.2, 0.25) is 5.02 Å². The molecule has 2 aromatic rings. The fourth-order valence-corrected chi connectivity index (χ4v) is 3.37. The molecule has 0 spiro atoms. The maximum atomic E-state index is 12.3. The van der Waals surface area contributed by atoms with Crippen molar-refractivity contribution in [3.63, 3.8) is 0 Å². The minimum absolute atomic E-state index is 0.160. The molecule has 0 atom stereocenters. The summed E-state index contributed by atoms with van der Waals surface area (Å²) in [4.78, 5) is 12.3. The Labute approximate surface area is 155 Å². The lowest BCUT2D eigenvalue weighted by atomic mass is 10.3. The number of halogens is 1. The predicted octanol–water partition coefficient (Wildman–Crippen LogP) is 3.73. The third kappa shape index (κ3) is 4.35. The molecule has 1 fully saturated rings. The quantitative estimate of drug-likeness (QED) is 0.559. The highest BCUT2D eigenvalue weighted by Crippen LogP contribution is 2.40. The Morgan fingerprint density at radius 3 is 3.00 bits per heavy atom. The second-order valence-corrected chi connectivity index (χ2v) is 7.07. The molecule has 0 radical (unpaired) electrons. The van der Waals surface area contributed by atoms with Gasteiger partial charge in [0.1, 0.15) is 11.6 Å². The molecule has 1 N–H and O–H groups in total. The van der Waals surface area contributed by atoms with Gasteiger partial charge in [-0.15, -0.1) is 16.8 Å². The van der Waals surface area contributed by atoms with Gasteiger partial charge < -0.3 is 14.6 Å². The Balaban J connectivity index is 1.65. The highest BCUT2D eigenvalue weighted by Gasteiger charge is 2.30. The van der Waals surface area contributed by atoms with Crippen LogP contribution in [0.4, 0.5) is 5.69 Å². The van der Waals surface area contributed by atoms with E-state index in [0.717, 1.165) is 23.8 Å². The Kier molecular flexibility index (Phi) is 5.65. The number of rotatable bonds is 8. The number of benzene rings is 1. The van der Waals surface area contributed by atoms with Crippen LogP contribution >= 0.6 is 23.4 Å². The van der Waals surface area contributed by atoms with Gasteiger partial charge >= 0.3 is 0 Å². The maximum absolute atomic E-state index is 12.3. The van der Waals surface area contributed by atoms with Gasteiger partial charge in [0.2, 0.25) is 5.91 Å². The number of hydrogen-bond donors (Lipinski definition) is 1. The SMILES string of the molecule is C=CCn1c(SCC(=O)Nc2cc(Cl)ccc2OC)nnc1C1CC1. The summed E-state index contributed by atoms with van der Waals surface area (Å²) in [7, 11) is 1.55. The monoisotopic (exact) mass is 378 g/mol. The van der Waals surface area contributed by atoms with Crippen LogP contribution in [0.25, 0.3) is 0 Å². The van der Waals surface area contributed by atoms with E-state index in [1.807, 2.05) is 10.6 Å². The number of anilines is 1. The molecule has 1 aliphatic rings. The summed E-state index contributed by atoms with van der Waals surface area (Å²) in [6.07, 6.45) is 4.11. The van der Waals surface area contributed by atoms with Crippen LogP contribution in [0.15, 0.2) is 36.0 Å². The van der Waals surface area contributed by atoms with Gasteiger partial charge in [-0.3, -0.25) is 4.79 Å². The first-order chi connectivity index (χ1) is 12.1. The summed E-state index contributed by atoms with van der Waals surface area (Å²) in [6.45, 7) is 4.43. The van der Waals surface area contributed by atoms with Crippen LogP contribution in [0, 0.1) is 0 Å². The molecule has 1 aromatic heterocycles. The second-order valence-electron chi connectivity index (χ2n) is 5.70. The fourth-order valence-electron chi connectivity index (χ4n) is 2.45. The Morgan fingerprint density at radius 2 is 2.32 bits per heavy atom. The number of carbonyl (C=O) groups excluding carboxylic acids is 1. The van der Waals surface area contributed by atoms with E-state index in [-0.39, 0.29) is 11.7 Å². The number of thioether (sulfide) groups is 1. The summed E-state index contributed by atoms with van der Waals surface area (Å²) in [5.41, 5.74) is 0.548. The van der Waals surface area contributed by atoms with Crippen LogP contribution in [0.5, 0.6) is 5.75 Å². The molecule has 1 saturated carbocycles. The number of amides is 1. The van der Waals surface area contributed by atoms with Crippen molar-refractivity contribution in [2.45, 2.75) is 30.5 Å². The van der Waals surface area contributed by atoms with Gasteiger partial charge in [0.15, 0.2) is 5.16 Å². The first-order valence-corrected chi connectivity index (χ1v) is 9.29. The third-order valence-electron chi connectivity index (χ3n) is 3.77. The molecular formula is C17H19ClN4O2S.